The van der Waals surface area contributed by atoms with Crippen LogP contribution in [0.3, 0.4) is 0 Å². The van der Waals surface area contributed by atoms with Crippen LogP contribution in [0.2, 0.25) is 0 Å². The molecule has 2 aromatic rings. The van der Waals surface area contributed by atoms with Crippen LogP contribution in [0.5, 0.6) is 0 Å². The van der Waals surface area contributed by atoms with E-state index in [4.69, 9.17) is 0 Å². The molecule has 0 aromatic carbocycles. The first-order chi connectivity index (χ1) is 12.7. The molecule has 1 atom stereocenters. The smallest absolute Gasteiger partial charge is 0.259 e. The van der Waals surface area contributed by atoms with E-state index in [1.807, 2.05) is 0 Å². The van der Waals surface area contributed by atoms with Gasteiger partial charge in [-0.1, -0.05) is 25.7 Å². The Balaban J connectivity index is 1.60. The molecule has 2 aliphatic rings. The molecule has 2 heterocycles. The highest BCUT2D eigenvalue weighted by Crippen LogP contribution is 2.34. The highest BCUT2D eigenvalue weighted by molar-refractivity contribution is 7.18. The number of H-pyrrole nitrogens is 1. The van der Waals surface area contributed by atoms with Gasteiger partial charge in [0, 0.05) is 11.3 Å². The molecule has 0 aliphatic heterocycles. The number of nitriles is 1. The summed E-state index contributed by atoms with van der Waals surface area (Å²) < 4.78 is 0. The molecule has 0 spiro atoms. The second-order valence-electron chi connectivity index (χ2n) is 7.56. The van der Waals surface area contributed by atoms with Crippen molar-refractivity contribution in [2.75, 3.05) is 0 Å². The Kier molecular flexibility index (Phi) is 4.90. The van der Waals surface area contributed by atoms with Gasteiger partial charge >= 0.3 is 0 Å². The first kappa shape index (κ1) is 17.4. The summed E-state index contributed by atoms with van der Waals surface area (Å²) in [6, 6.07) is 2.07. The van der Waals surface area contributed by atoms with Gasteiger partial charge in [-0.05, 0) is 43.6 Å². The van der Waals surface area contributed by atoms with E-state index in [1.54, 1.807) is 11.3 Å². The summed E-state index contributed by atoms with van der Waals surface area (Å²) in [5, 5.41) is 10.2. The van der Waals surface area contributed by atoms with Crippen LogP contribution in [0.1, 0.15) is 73.5 Å². The van der Waals surface area contributed by atoms with Crippen molar-refractivity contribution in [1.82, 2.24) is 9.97 Å². The molecule has 26 heavy (non-hydrogen) atoms. The molecule has 1 saturated carbocycles. The van der Waals surface area contributed by atoms with Crippen LogP contribution in [0.25, 0.3) is 10.2 Å². The van der Waals surface area contributed by atoms with Crippen molar-refractivity contribution in [2.24, 2.45) is 5.92 Å². The second-order valence-corrected chi connectivity index (χ2v) is 8.64. The van der Waals surface area contributed by atoms with Crippen molar-refractivity contribution in [1.29, 1.82) is 5.26 Å². The molecule has 2 aliphatic carbocycles. The van der Waals surface area contributed by atoms with Gasteiger partial charge in [0.2, 0.25) is 0 Å². The van der Waals surface area contributed by atoms with Gasteiger partial charge in [-0.3, -0.25) is 9.59 Å². The molecule has 1 fully saturated rings. The number of Topliss-reactive ketones (excluding diaryl/α,β-unsaturated/α-hetero) is 1. The predicted molar refractivity (Wildman–Crippen MR) is 101 cm³/mol. The number of aryl methyl sites for hydroxylation is 2. The van der Waals surface area contributed by atoms with E-state index in [9.17, 15) is 14.9 Å². The first-order valence-electron chi connectivity index (χ1n) is 9.64. The number of carbonyl (C=O) groups excluding carboxylic acids is 1. The zero-order valence-corrected chi connectivity index (χ0v) is 15.7. The van der Waals surface area contributed by atoms with E-state index in [2.05, 4.69) is 16.0 Å². The van der Waals surface area contributed by atoms with Crippen molar-refractivity contribution in [2.45, 2.75) is 70.1 Å². The van der Waals surface area contributed by atoms with Gasteiger partial charge in [0.05, 0.1) is 11.5 Å². The molecule has 0 bridgehead atoms. The summed E-state index contributed by atoms with van der Waals surface area (Å²) in [5.74, 6) is -0.257. The molecule has 136 valence electrons. The first-order valence-corrected chi connectivity index (χ1v) is 10.5. The lowest BCUT2D eigenvalue weighted by Crippen LogP contribution is -2.20. The number of rotatable bonds is 5. The maximum atomic E-state index is 12.6. The predicted octanol–water partition coefficient (Wildman–Crippen LogP) is 4.01. The van der Waals surface area contributed by atoms with E-state index < -0.39 is 5.92 Å². The Bertz CT molecular complexity index is 931. The second kappa shape index (κ2) is 7.32. The van der Waals surface area contributed by atoms with Gasteiger partial charge in [-0.2, -0.15) is 5.26 Å². The van der Waals surface area contributed by atoms with Crippen LogP contribution in [-0.4, -0.2) is 15.8 Å². The van der Waals surface area contributed by atoms with E-state index in [0.29, 0.717) is 22.6 Å². The maximum Gasteiger partial charge on any atom is 0.259 e. The van der Waals surface area contributed by atoms with E-state index >= 15 is 0 Å². The fraction of sp³-hybridized carbons (Fsp3) is 0.600. The number of carbonyl (C=O) groups is 1. The van der Waals surface area contributed by atoms with Crippen LogP contribution < -0.4 is 5.56 Å². The van der Waals surface area contributed by atoms with E-state index in [0.717, 1.165) is 37.7 Å². The number of fused-ring (bicyclic) bond motifs is 3. The maximum absolute atomic E-state index is 12.6. The number of nitrogens with zero attached hydrogens (tertiary/aromatic N) is 2. The van der Waals surface area contributed by atoms with Crippen molar-refractivity contribution in [3.8, 4) is 6.07 Å². The molecule has 0 radical (unpaired) electrons. The average Bonchev–Trinajstić information content (AvgIpc) is 3.28. The van der Waals surface area contributed by atoms with Crippen LogP contribution in [0.4, 0.5) is 0 Å². The van der Waals surface area contributed by atoms with Crippen LogP contribution >= 0.6 is 11.3 Å². The zero-order valence-electron chi connectivity index (χ0n) is 14.8. The monoisotopic (exact) mass is 369 g/mol. The van der Waals surface area contributed by atoms with Crippen LogP contribution in [-0.2, 0) is 17.6 Å². The lowest BCUT2D eigenvalue weighted by molar-refractivity contribution is -0.119. The van der Waals surface area contributed by atoms with Gasteiger partial charge in [-0.25, -0.2) is 4.98 Å². The lowest BCUT2D eigenvalue weighted by atomic mass is 9.94. The Labute approximate surface area is 156 Å². The van der Waals surface area contributed by atoms with Gasteiger partial charge < -0.3 is 4.98 Å². The van der Waals surface area contributed by atoms with Gasteiger partial charge in [0.1, 0.15) is 10.7 Å². The number of aromatic nitrogens is 2. The molecule has 4 rings (SSSR count). The van der Waals surface area contributed by atoms with E-state index in [1.165, 1.54) is 30.6 Å². The topological polar surface area (TPSA) is 86.6 Å². The zero-order chi connectivity index (χ0) is 18.1. The highest BCUT2D eigenvalue weighted by Gasteiger charge is 2.27. The fourth-order valence-electron chi connectivity index (χ4n) is 4.39. The minimum Gasteiger partial charge on any atom is -0.308 e. The molecular weight excluding hydrogens is 346 g/mol. The summed E-state index contributed by atoms with van der Waals surface area (Å²) in [6.07, 6.45) is 10.3. The van der Waals surface area contributed by atoms with Gasteiger partial charge in [0.15, 0.2) is 11.7 Å². The Hall–Kier alpha value is -2.00. The van der Waals surface area contributed by atoms with Crippen LogP contribution in [0.15, 0.2) is 4.79 Å². The molecular formula is C20H23N3O2S. The number of hydrogen-bond acceptors (Lipinski definition) is 5. The molecule has 0 saturated heterocycles. The summed E-state index contributed by atoms with van der Waals surface area (Å²) in [7, 11) is 0. The molecule has 2 aromatic heterocycles. The summed E-state index contributed by atoms with van der Waals surface area (Å²) >= 11 is 1.55. The quantitative estimate of drug-likeness (QED) is 0.862. The Morgan fingerprint density at radius 2 is 2.04 bits per heavy atom. The fourth-order valence-corrected chi connectivity index (χ4v) is 5.66. The minimum atomic E-state index is -0.965. The van der Waals surface area contributed by atoms with Crippen molar-refractivity contribution >= 4 is 27.3 Å². The minimum absolute atomic E-state index is 0.122. The number of nitrogens with one attached hydrogen (secondary N) is 1. The summed E-state index contributed by atoms with van der Waals surface area (Å²) in [6.45, 7) is 0. The lowest BCUT2D eigenvalue weighted by Gasteiger charge is -2.11. The summed E-state index contributed by atoms with van der Waals surface area (Å²) in [4.78, 5) is 34.4. The number of aromatic amines is 1. The number of thiophene rings is 1. The van der Waals surface area contributed by atoms with E-state index in [-0.39, 0.29) is 17.2 Å². The molecule has 1 unspecified atom stereocenters. The largest absolute Gasteiger partial charge is 0.308 e. The molecule has 6 heteroatoms. The van der Waals surface area contributed by atoms with Crippen molar-refractivity contribution in [3.05, 3.63) is 26.6 Å². The highest BCUT2D eigenvalue weighted by atomic mass is 32.1. The Morgan fingerprint density at radius 1 is 1.27 bits per heavy atom. The third-order valence-corrected chi connectivity index (χ3v) is 7.03. The standard InChI is InChI=1S/C20H23N3O2S/c21-11-14(15(24)10-9-12-5-1-2-6-12)18-22-19(25)17-13-7-3-4-8-16(13)26-20(17)23-18/h12,14H,1-10H2,(H,22,23,25). The summed E-state index contributed by atoms with van der Waals surface area (Å²) in [5.41, 5.74) is 0.922. The normalized spacial score (nSPS) is 18.6. The SMILES string of the molecule is N#CC(C(=O)CCC1CCCC1)c1nc2sc3c(c2c(=O)[nH]1)CCCC3. The Morgan fingerprint density at radius 3 is 2.81 bits per heavy atom. The average molecular weight is 369 g/mol. The van der Waals surface area contributed by atoms with Crippen molar-refractivity contribution in [3.63, 3.8) is 0 Å². The molecule has 5 nitrogen and oxygen atoms in total. The number of ketones is 1. The third-order valence-electron chi connectivity index (χ3n) is 5.84. The van der Waals surface area contributed by atoms with Crippen LogP contribution in [0, 0.1) is 17.2 Å². The molecule has 1 N–H and O–H groups in total. The number of hydrogen-bond donors (Lipinski definition) is 1. The molecule has 0 amide bonds. The van der Waals surface area contributed by atoms with Gasteiger partial charge in [-0.15, -0.1) is 11.3 Å². The van der Waals surface area contributed by atoms with Gasteiger partial charge in [0.25, 0.3) is 5.56 Å². The third kappa shape index (κ3) is 3.21. The van der Waals surface area contributed by atoms with Crippen molar-refractivity contribution < 1.29 is 4.79 Å².